The Morgan fingerprint density at radius 1 is 1.17 bits per heavy atom. The molecule has 0 radical (unpaired) electrons. The van der Waals surface area contributed by atoms with Crippen molar-refractivity contribution in [3.8, 4) is 11.5 Å². The van der Waals surface area contributed by atoms with Gasteiger partial charge >= 0.3 is 5.97 Å². The number of hydrogen-bond donors (Lipinski definition) is 0. The third-order valence-corrected chi connectivity index (χ3v) is 7.65. The highest BCUT2D eigenvalue weighted by Gasteiger charge is 2.34. The lowest BCUT2D eigenvalue weighted by atomic mass is 10.2. The van der Waals surface area contributed by atoms with Gasteiger partial charge in [0.1, 0.15) is 17.3 Å². The fraction of sp³-hybridized carbons (Fsp3) is 0.280. The van der Waals surface area contributed by atoms with Crippen molar-refractivity contribution in [1.82, 2.24) is 5.16 Å². The molecular weight excluding hydrogens is 472 g/mol. The third-order valence-electron chi connectivity index (χ3n) is 5.83. The molecule has 0 saturated carbocycles. The molecule has 0 amide bonds. The lowest BCUT2D eigenvalue weighted by Crippen LogP contribution is -2.29. The van der Waals surface area contributed by atoms with Crippen molar-refractivity contribution in [2.24, 2.45) is 0 Å². The van der Waals surface area contributed by atoms with Crippen molar-refractivity contribution in [1.29, 1.82) is 0 Å². The number of carbonyl (C=O) groups excluding carboxylic acids is 1. The van der Waals surface area contributed by atoms with Gasteiger partial charge in [0.2, 0.25) is 0 Å². The van der Waals surface area contributed by atoms with Crippen LogP contribution in [-0.2, 0) is 32.6 Å². The molecular formula is C25H26N2O7S. The first kappa shape index (κ1) is 24.3. The molecule has 10 heteroatoms. The minimum Gasteiger partial charge on any atom is -0.493 e. The van der Waals surface area contributed by atoms with E-state index in [1.165, 1.54) is 36.7 Å². The summed E-state index contributed by atoms with van der Waals surface area (Å²) in [5.74, 6) is 0.301. The Hall–Kier alpha value is -3.79. The Morgan fingerprint density at radius 2 is 1.94 bits per heavy atom. The fourth-order valence-corrected chi connectivity index (χ4v) is 5.69. The molecule has 3 aromatic rings. The quantitative estimate of drug-likeness (QED) is 0.341. The minimum atomic E-state index is -3.98. The van der Waals surface area contributed by atoms with E-state index in [4.69, 9.17) is 18.7 Å². The normalized spacial score (nSPS) is 13.2. The van der Waals surface area contributed by atoms with E-state index < -0.39 is 16.0 Å². The van der Waals surface area contributed by atoms with Gasteiger partial charge in [-0.25, -0.2) is 13.2 Å². The van der Waals surface area contributed by atoms with Crippen molar-refractivity contribution >= 4 is 27.8 Å². The summed E-state index contributed by atoms with van der Waals surface area (Å²) in [7, 11) is -1.17. The Balaban J connectivity index is 1.63. The summed E-state index contributed by atoms with van der Waals surface area (Å²) in [5, 5.41) is 3.83. The summed E-state index contributed by atoms with van der Waals surface area (Å²) in [4.78, 5) is 12.2. The number of anilines is 1. The molecule has 1 aromatic heterocycles. The average molecular weight is 499 g/mol. The zero-order valence-corrected chi connectivity index (χ0v) is 20.7. The van der Waals surface area contributed by atoms with Gasteiger partial charge in [-0.3, -0.25) is 4.31 Å². The van der Waals surface area contributed by atoms with Gasteiger partial charge in [0.15, 0.2) is 11.5 Å². The van der Waals surface area contributed by atoms with Gasteiger partial charge in [-0.15, -0.1) is 0 Å². The molecule has 0 spiro atoms. The molecule has 2 aromatic carbocycles. The fourth-order valence-electron chi connectivity index (χ4n) is 3.98. The van der Waals surface area contributed by atoms with Crippen LogP contribution in [0.5, 0.6) is 11.5 Å². The summed E-state index contributed by atoms with van der Waals surface area (Å²) in [5.41, 5.74) is 3.38. The summed E-state index contributed by atoms with van der Waals surface area (Å²) in [6.07, 6.45) is 3.31. The van der Waals surface area contributed by atoms with Crippen LogP contribution in [0.2, 0.25) is 0 Å². The number of aryl methyl sites for hydroxylation is 2. The minimum absolute atomic E-state index is 0.0181. The van der Waals surface area contributed by atoms with E-state index in [1.807, 2.05) is 12.1 Å². The number of fused-ring (bicyclic) bond motifs is 1. The predicted molar refractivity (Wildman–Crippen MR) is 129 cm³/mol. The molecule has 0 fully saturated rings. The van der Waals surface area contributed by atoms with Crippen molar-refractivity contribution in [3.63, 3.8) is 0 Å². The van der Waals surface area contributed by atoms with Crippen LogP contribution in [0.25, 0.3) is 6.08 Å². The summed E-state index contributed by atoms with van der Waals surface area (Å²) >= 11 is 0. The lowest BCUT2D eigenvalue weighted by molar-refractivity contribution is -0.138. The smallest absolute Gasteiger partial charge is 0.331 e. The number of carbonyl (C=O) groups is 1. The molecule has 184 valence electrons. The van der Waals surface area contributed by atoms with Gasteiger partial charge in [0, 0.05) is 12.6 Å². The van der Waals surface area contributed by atoms with E-state index in [0.717, 1.165) is 5.56 Å². The maximum absolute atomic E-state index is 13.7. The second-order valence-electron chi connectivity index (χ2n) is 7.95. The number of esters is 1. The standard InChI is InChI=1S/C25H26N2O7S/c1-16-20(17(2)34-26-16)15-33-24(28)10-9-18-13-22(31-3)25(32-4)23(14-18)35(29,30)27-12-11-19-7-5-6-8-21(19)27/h5-10,13-14H,11-12,15H2,1-4H3. The number of rotatable bonds is 8. The number of nitrogens with zero attached hydrogens (tertiary/aromatic N) is 2. The first-order valence-electron chi connectivity index (χ1n) is 10.9. The molecule has 0 unspecified atom stereocenters. The first-order chi connectivity index (χ1) is 16.8. The molecule has 4 rings (SSSR count). The first-order valence-corrected chi connectivity index (χ1v) is 12.3. The second-order valence-corrected chi connectivity index (χ2v) is 9.78. The predicted octanol–water partition coefficient (Wildman–Crippen LogP) is 3.82. The molecule has 35 heavy (non-hydrogen) atoms. The zero-order chi connectivity index (χ0) is 25.2. The van der Waals surface area contributed by atoms with Crippen LogP contribution in [0.3, 0.4) is 0 Å². The Morgan fingerprint density at radius 3 is 2.63 bits per heavy atom. The number of benzene rings is 2. The number of methoxy groups -OCH3 is 2. The maximum atomic E-state index is 13.7. The Bertz CT molecular complexity index is 1370. The third kappa shape index (κ3) is 4.74. The summed E-state index contributed by atoms with van der Waals surface area (Å²) in [6.45, 7) is 3.84. The highest BCUT2D eigenvalue weighted by molar-refractivity contribution is 7.93. The van der Waals surface area contributed by atoms with Crippen LogP contribution in [0.1, 0.15) is 28.1 Å². The van der Waals surface area contributed by atoms with Crippen LogP contribution >= 0.6 is 0 Å². The Labute approximate surface area is 203 Å². The number of para-hydroxylation sites is 1. The molecule has 2 heterocycles. The van der Waals surface area contributed by atoms with Crippen molar-refractivity contribution < 1.29 is 31.9 Å². The van der Waals surface area contributed by atoms with E-state index in [1.54, 1.807) is 32.0 Å². The highest BCUT2D eigenvalue weighted by Crippen LogP contribution is 2.40. The Kier molecular flexibility index (Phi) is 6.83. The number of ether oxygens (including phenoxy) is 3. The van der Waals surface area contributed by atoms with E-state index in [2.05, 4.69) is 5.16 Å². The second kappa shape index (κ2) is 9.83. The average Bonchev–Trinajstić information content (AvgIpc) is 3.43. The SMILES string of the molecule is COc1cc(C=CC(=O)OCc2c(C)noc2C)cc(S(=O)(=O)N2CCc3ccccc32)c1OC. The molecule has 0 aliphatic carbocycles. The molecule has 0 bridgehead atoms. The van der Waals surface area contributed by atoms with Gasteiger partial charge in [0.05, 0.1) is 31.2 Å². The van der Waals surface area contributed by atoms with Crippen LogP contribution in [0, 0.1) is 13.8 Å². The number of sulfonamides is 1. The van der Waals surface area contributed by atoms with Crippen LogP contribution in [-0.4, -0.2) is 40.3 Å². The molecule has 9 nitrogen and oxygen atoms in total. The van der Waals surface area contributed by atoms with Crippen molar-refractivity contribution in [3.05, 3.63) is 70.6 Å². The topological polar surface area (TPSA) is 108 Å². The summed E-state index contributed by atoms with van der Waals surface area (Å²) in [6, 6.07) is 10.4. The largest absolute Gasteiger partial charge is 0.493 e. The molecule has 1 aliphatic heterocycles. The monoisotopic (exact) mass is 498 g/mol. The molecule has 0 atom stereocenters. The van der Waals surface area contributed by atoms with Gasteiger partial charge in [-0.1, -0.05) is 23.4 Å². The maximum Gasteiger partial charge on any atom is 0.331 e. The van der Waals surface area contributed by atoms with Crippen LogP contribution in [0.4, 0.5) is 5.69 Å². The van der Waals surface area contributed by atoms with Gasteiger partial charge in [-0.2, -0.15) is 0 Å². The van der Waals surface area contributed by atoms with E-state index in [0.29, 0.717) is 41.2 Å². The molecule has 0 saturated heterocycles. The van der Waals surface area contributed by atoms with Crippen molar-refractivity contribution in [2.45, 2.75) is 31.8 Å². The van der Waals surface area contributed by atoms with Gasteiger partial charge in [0.25, 0.3) is 10.0 Å². The van der Waals surface area contributed by atoms with Gasteiger partial charge in [-0.05, 0) is 55.7 Å². The number of aromatic nitrogens is 1. The zero-order valence-electron chi connectivity index (χ0n) is 19.9. The van der Waals surface area contributed by atoms with E-state index in [-0.39, 0.29) is 23.0 Å². The van der Waals surface area contributed by atoms with Crippen LogP contribution in [0.15, 0.2) is 51.9 Å². The highest BCUT2D eigenvalue weighted by atomic mass is 32.2. The van der Waals surface area contributed by atoms with E-state index >= 15 is 0 Å². The molecule has 0 N–H and O–H groups in total. The van der Waals surface area contributed by atoms with Crippen LogP contribution < -0.4 is 13.8 Å². The van der Waals surface area contributed by atoms with E-state index in [9.17, 15) is 13.2 Å². The lowest BCUT2D eigenvalue weighted by Gasteiger charge is -2.22. The van der Waals surface area contributed by atoms with Crippen molar-refractivity contribution in [2.75, 3.05) is 25.1 Å². The number of hydrogen-bond acceptors (Lipinski definition) is 8. The molecule has 1 aliphatic rings. The summed E-state index contributed by atoms with van der Waals surface area (Å²) < 4.78 is 49.9. The van der Waals surface area contributed by atoms with Gasteiger partial charge < -0.3 is 18.7 Å².